The minimum atomic E-state index is 0. The van der Waals surface area contributed by atoms with Crippen molar-refractivity contribution < 1.29 is 0 Å². The van der Waals surface area contributed by atoms with Crippen molar-refractivity contribution in [3.8, 4) is 0 Å². The molecule has 1 N–H and O–H groups in total. The van der Waals surface area contributed by atoms with E-state index in [1.165, 1.54) is 21.8 Å². The summed E-state index contributed by atoms with van der Waals surface area (Å²) in [6, 6.07) is 16.8. The Balaban J connectivity index is 0. The number of fused-ring (bicyclic) bond motifs is 3. The molecule has 2 aromatic carbocycles. The molecule has 19 heavy (non-hydrogen) atoms. The predicted molar refractivity (Wildman–Crippen MR) is 92.0 cm³/mol. The van der Waals surface area contributed by atoms with E-state index in [2.05, 4.69) is 53.5 Å². The molecule has 0 aliphatic carbocycles. The van der Waals surface area contributed by atoms with Crippen molar-refractivity contribution in [3.05, 3.63) is 48.5 Å². The maximum atomic E-state index is 3.38. The zero-order chi connectivity index (χ0) is 12.7. The zero-order valence-corrected chi connectivity index (χ0v) is 11.1. The number of benzene rings is 2. The molecule has 106 valence electrons. The monoisotopic (exact) mass is 259 g/mol. The Morgan fingerprint density at radius 3 is 1.26 bits per heavy atom. The second-order valence-electron chi connectivity index (χ2n) is 3.22. The lowest BCUT2D eigenvalue weighted by atomic mass is 10.2. The summed E-state index contributed by atoms with van der Waals surface area (Å²) in [4.78, 5) is 3.38. The molecule has 1 aromatic heterocycles. The van der Waals surface area contributed by atoms with Crippen molar-refractivity contribution in [3.63, 3.8) is 0 Å². The molecule has 1 heterocycles. The van der Waals surface area contributed by atoms with Gasteiger partial charge in [-0.25, -0.2) is 0 Å². The highest BCUT2D eigenvalue weighted by atomic mass is 14.7. The summed E-state index contributed by atoms with van der Waals surface area (Å²) in [5.74, 6) is 0. The number of hydrogen-bond donors (Lipinski definition) is 1. The molecule has 0 amide bonds. The first-order valence-corrected chi connectivity index (χ1v) is 6.40. The number of aromatic amines is 1. The van der Waals surface area contributed by atoms with E-state index < -0.39 is 0 Å². The molecule has 3 rings (SSSR count). The van der Waals surface area contributed by atoms with Gasteiger partial charge >= 0.3 is 0 Å². The first-order valence-electron chi connectivity index (χ1n) is 6.40. The second-order valence-corrected chi connectivity index (χ2v) is 3.22. The van der Waals surface area contributed by atoms with E-state index >= 15 is 0 Å². The lowest BCUT2D eigenvalue weighted by Gasteiger charge is -1.87. The van der Waals surface area contributed by atoms with E-state index in [9.17, 15) is 0 Å². The number of H-pyrrole nitrogens is 1. The van der Waals surface area contributed by atoms with Crippen LogP contribution in [0.5, 0.6) is 0 Å². The van der Waals surface area contributed by atoms with Crippen LogP contribution in [-0.4, -0.2) is 4.98 Å². The van der Waals surface area contributed by atoms with Crippen molar-refractivity contribution in [2.75, 3.05) is 0 Å². The van der Waals surface area contributed by atoms with E-state index in [-0.39, 0.29) is 14.9 Å². The summed E-state index contributed by atoms with van der Waals surface area (Å²) < 4.78 is 0. The molecule has 1 heteroatoms. The fraction of sp³-hybridized carbons (Fsp3) is 0.333. The molecular formula is C18H29N. The summed E-state index contributed by atoms with van der Waals surface area (Å²) >= 11 is 0. The summed E-state index contributed by atoms with van der Waals surface area (Å²) in [5.41, 5.74) is 2.42. The molecule has 0 atom stereocenters. The van der Waals surface area contributed by atoms with Gasteiger partial charge in [-0.2, -0.15) is 0 Å². The summed E-state index contributed by atoms with van der Waals surface area (Å²) in [6.45, 7) is 8.00. The topological polar surface area (TPSA) is 15.8 Å². The fourth-order valence-electron chi connectivity index (χ4n) is 1.80. The van der Waals surface area contributed by atoms with E-state index in [0.717, 1.165) is 0 Å². The predicted octanol–water partition coefficient (Wildman–Crippen LogP) is 6.65. The third-order valence-corrected chi connectivity index (χ3v) is 2.41. The van der Waals surface area contributed by atoms with Crippen LogP contribution in [0.3, 0.4) is 0 Å². The number of aromatic nitrogens is 1. The van der Waals surface area contributed by atoms with Crippen LogP contribution in [0.1, 0.15) is 42.5 Å². The van der Waals surface area contributed by atoms with Gasteiger partial charge in [-0.1, -0.05) is 78.9 Å². The van der Waals surface area contributed by atoms with Crippen molar-refractivity contribution in [1.29, 1.82) is 0 Å². The van der Waals surface area contributed by atoms with Crippen LogP contribution in [0.4, 0.5) is 0 Å². The van der Waals surface area contributed by atoms with Crippen molar-refractivity contribution in [2.45, 2.75) is 42.5 Å². The average molecular weight is 259 g/mol. The van der Waals surface area contributed by atoms with Gasteiger partial charge in [0.1, 0.15) is 0 Å². The Hall–Kier alpha value is -1.76. The molecule has 3 aromatic rings. The Morgan fingerprint density at radius 1 is 0.579 bits per heavy atom. The van der Waals surface area contributed by atoms with Gasteiger partial charge in [-0.3, -0.25) is 0 Å². The molecule has 0 unspecified atom stereocenters. The van der Waals surface area contributed by atoms with Gasteiger partial charge in [0, 0.05) is 21.8 Å². The number of hydrogen-bond acceptors (Lipinski definition) is 0. The fourth-order valence-corrected chi connectivity index (χ4v) is 1.80. The Kier molecular flexibility index (Phi) is 10.5. The number of rotatable bonds is 0. The summed E-state index contributed by atoms with van der Waals surface area (Å²) in [7, 11) is 0. The van der Waals surface area contributed by atoms with Gasteiger partial charge in [0.2, 0.25) is 0 Å². The molecule has 0 bridgehead atoms. The van der Waals surface area contributed by atoms with Crippen LogP contribution in [-0.2, 0) is 0 Å². The molecule has 0 fully saturated rings. The van der Waals surface area contributed by atoms with Crippen LogP contribution in [0, 0.1) is 0 Å². The minimum Gasteiger partial charge on any atom is -0.355 e. The van der Waals surface area contributed by atoms with Gasteiger partial charge in [0.15, 0.2) is 0 Å². The average Bonchev–Trinajstić information content (AvgIpc) is 2.82. The Morgan fingerprint density at radius 2 is 0.895 bits per heavy atom. The normalized spacial score (nSPS) is 8.21. The smallest absolute Gasteiger partial charge is 0.0464 e. The molecule has 0 saturated heterocycles. The van der Waals surface area contributed by atoms with E-state index in [0.29, 0.717) is 0 Å². The van der Waals surface area contributed by atoms with Gasteiger partial charge in [-0.05, 0) is 12.1 Å². The van der Waals surface area contributed by atoms with Crippen LogP contribution >= 0.6 is 0 Å². The van der Waals surface area contributed by atoms with Crippen molar-refractivity contribution in [2.24, 2.45) is 0 Å². The van der Waals surface area contributed by atoms with Crippen LogP contribution < -0.4 is 0 Å². The third kappa shape index (κ3) is 4.13. The van der Waals surface area contributed by atoms with E-state index in [4.69, 9.17) is 0 Å². The maximum absolute atomic E-state index is 3.38. The molecule has 0 radical (unpaired) electrons. The largest absolute Gasteiger partial charge is 0.355 e. The van der Waals surface area contributed by atoms with Gasteiger partial charge in [-0.15, -0.1) is 0 Å². The molecule has 0 saturated carbocycles. The quantitative estimate of drug-likeness (QED) is 0.465. The van der Waals surface area contributed by atoms with Crippen LogP contribution in [0.15, 0.2) is 48.5 Å². The molecule has 0 aliphatic rings. The number of nitrogens with one attached hydrogen (secondary N) is 1. The zero-order valence-electron chi connectivity index (χ0n) is 11.1. The van der Waals surface area contributed by atoms with Crippen molar-refractivity contribution in [1.82, 2.24) is 4.98 Å². The summed E-state index contributed by atoms with van der Waals surface area (Å²) in [5, 5.41) is 2.61. The lowest BCUT2D eigenvalue weighted by molar-refractivity contribution is 1.50. The standard InChI is InChI=1S/C12H9N.2C2H6.2CH4/c1-3-7-11-9(5-1)10-6-2-4-8-12(10)13-11;2*1-2;;/h1-8,13H;2*1-2H3;2*1H4. The highest BCUT2D eigenvalue weighted by molar-refractivity contribution is 6.06. The number of para-hydroxylation sites is 2. The third-order valence-electron chi connectivity index (χ3n) is 2.41. The first-order chi connectivity index (χ1) is 8.45. The van der Waals surface area contributed by atoms with E-state index in [1.807, 2.05) is 27.7 Å². The second kappa shape index (κ2) is 10.2. The minimum absolute atomic E-state index is 0. The van der Waals surface area contributed by atoms with Crippen LogP contribution in [0.25, 0.3) is 21.8 Å². The summed E-state index contributed by atoms with van der Waals surface area (Å²) in [6.07, 6.45) is 0. The van der Waals surface area contributed by atoms with Crippen LogP contribution in [0.2, 0.25) is 0 Å². The highest BCUT2D eigenvalue weighted by Gasteiger charge is 2.00. The Labute approximate surface area is 118 Å². The molecular weight excluding hydrogens is 230 g/mol. The highest BCUT2D eigenvalue weighted by Crippen LogP contribution is 2.24. The maximum Gasteiger partial charge on any atom is 0.0464 e. The molecule has 0 spiro atoms. The molecule has 1 nitrogen and oxygen atoms in total. The van der Waals surface area contributed by atoms with Gasteiger partial charge in [0.25, 0.3) is 0 Å². The van der Waals surface area contributed by atoms with Gasteiger partial charge < -0.3 is 4.98 Å². The van der Waals surface area contributed by atoms with E-state index in [1.54, 1.807) is 0 Å². The van der Waals surface area contributed by atoms with Gasteiger partial charge in [0.05, 0.1) is 0 Å². The molecule has 0 aliphatic heterocycles. The first kappa shape index (κ1) is 19.6. The SMILES string of the molecule is C.C.CC.CC.c1ccc2c(c1)[nH]c1ccccc12. The van der Waals surface area contributed by atoms with Crippen molar-refractivity contribution >= 4 is 21.8 Å². The lowest BCUT2D eigenvalue weighted by Crippen LogP contribution is -1.62. The Bertz CT molecular complexity index is 513.